The number of carbonyl (C=O) groups excluding carboxylic acids is 2. The van der Waals surface area contributed by atoms with Gasteiger partial charge in [0.1, 0.15) is 17.7 Å². The van der Waals surface area contributed by atoms with Crippen LogP contribution in [0.5, 0.6) is 0 Å². The van der Waals surface area contributed by atoms with Gasteiger partial charge in [0, 0.05) is 24.5 Å². The van der Waals surface area contributed by atoms with Crippen LogP contribution in [0, 0.1) is 0 Å². The molecular formula is C35H35F3N4O2. The highest BCUT2D eigenvalue weighted by atomic mass is 19.4. The number of fused-ring (bicyclic) bond motifs is 4. The molecule has 0 spiro atoms. The van der Waals surface area contributed by atoms with Crippen molar-refractivity contribution in [3.05, 3.63) is 102 Å². The number of nitrogens with one attached hydrogen (secondary N) is 2. The summed E-state index contributed by atoms with van der Waals surface area (Å²) in [6, 6.07) is 26.5. The molecule has 3 aromatic carbocycles. The fourth-order valence-electron chi connectivity index (χ4n) is 6.76. The fraction of sp³-hybridized carbons (Fsp3) is 0.343. The van der Waals surface area contributed by atoms with E-state index in [0.29, 0.717) is 18.5 Å². The van der Waals surface area contributed by atoms with E-state index in [1.54, 1.807) is 6.07 Å². The third kappa shape index (κ3) is 6.06. The summed E-state index contributed by atoms with van der Waals surface area (Å²) in [4.78, 5) is 33.4. The average molecular weight is 601 g/mol. The third-order valence-corrected chi connectivity index (χ3v) is 8.93. The predicted molar refractivity (Wildman–Crippen MR) is 164 cm³/mol. The van der Waals surface area contributed by atoms with Crippen molar-refractivity contribution in [2.45, 2.75) is 49.7 Å². The first-order chi connectivity index (χ1) is 21.2. The van der Waals surface area contributed by atoms with E-state index in [1.807, 2.05) is 78.9 Å². The molecule has 44 heavy (non-hydrogen) atoms. The van der Waals surface area contributed by atoms with Crippen LogP contribution in [0.25, 0.3) is 22.0 Å². The number of pyridine rings is 1. The summed E-state index contributed by atoms with van der Waals surface area (Å²) in [6.45, 7) is 1.12. The highest BCUT2D eigenvalue weighted by Gasteiger charge is 2.49. The SMILES string of the molecule is O=C(NC1CCN(CCCCC2(C(=O)NCC(F)(F)F)c3ccccc3-c3ccccc32)CC1)c1ccc2ccccc2n1. The van der Waals surface area contributed by atoms with Gasteiger partial charge in [-0.3, -0.25) is 9.59 Å². The number of aromatic nitrogens is 1. The minimum absolute atomic E-state index is 0.0686. The summed E-state index contributed by atoms with van der Waals surface area (Å²) in [6.07, 6.45) is -0.959. The van der Waals surface area contributed by atoms with Crippen molar-refractivity contribution in [3.8, 4) is 11.1 Å². The lowest BCUT2D eigenvalue weighted by atomic mass is 9.73. The van der Waals surface area contributed by atoms with E-state index in [9.17, 15) is 22.8 Å². The van der Waals surface area contributed by atoms with E-state index >= 15 is 0 Å². The first kappa shape index (κ1) is 29.8. The maximum atomic E-state index is 13.7. The number of likely N-dealkylation sites (tertiary alicyclic amines) is 1. The number of benzene rings is 3. The molecule has 6 rings (SSSR count). The number of unbranched alkanes of at least 4 members (excludes halogenated alkanes) is 1. The van der Waals surface area contributed by atoms with Gasteiger partial charge in [-0.1, -0.05) is 79.2 Å². The minimum atomic E-state index is -4.49. The van der Waals surface area contributed by atoms with Crippen LogP contribution in [0.4, 0.5) is 13.2 Å². The molecule has 0 radical (unpaired) electrons. The monoisotopic (exact) mass is 600 g/mol. The number of amides is 2. The first-order valence-corrected chi connectivity index (χ1v) is 15.2. The smallest absolute Gasteiger partial charge is 0.348 e. The zero-order valence-electron chi connectivity index (χ0n) is 24.4. The number of hydrogen-bond donors (Lipinski definition) is 2. The Kier molecular flexibility index (Phi) is 8.40. The second kappa shape index (κ2) is 12.4. The molecule has 0 saturated carbocycles. The van der Waals surface area contributed by atoms with Crippen LogP contribution < -0.4 is 10.6 Å². The van der Waals surface area contributed by atoms with E-state index in [-0.39, 0.29) is 11.9 Å². The molecule has 0 atom stereocenters. The quantitative estimate of drug-likeness (QED) is 0.223. The van der Waals surface area contributed by atoms with Crippen molar-refractivity contribution >= 4 is 22.7 Å². The minimum Gasteiger partial charge on any atom is -0.348 e. The van der Waals surface area contributed by atoms with Gasteiger partial charge < -0.3 is 15.5 Å². The molecule has 1 aliphatic carbocycles. The van der Waals surface area contributed by atoms with Crippen molar-refractivity contribution in [2.24, 2.45) is 0 Å². The van der Waals surface area contributed by atoms with Crippen LogP contribution in [0.3, 0.4) is 0 Å². The second-order valence-corrected chi connectivity index (χ2v) is 11.7. The standard InChI is InChI=1S/C35H35F3N4O2/c36-35(37,38)23-39-33(44)34(28-12-4-2-10-26(28)27-11-3-5-13-29(27)34)19-7-8-20-42-21-17-25(18-22-42)40-32(43)31-16-15-24-9-1-6-14-30(24)41-31/h1-6,9-16,25H,7-8,17-23H2,(H,39,44)(H,40,43). The van der Waals surface area contributed by atoms with Crippen molar-refractivity contribution in [1.82, 2.24) is 20.5 Å². The van der Waals surface area contributed by atoms with Crippen LogP contribution >= 0.6 is 0 Å². The summed E-state index contributed by atoms with van der Waals surface area (Å²) in [5, 5.41) is 6.33. The van der Waals surface area contributed by atoms with Crippen LogP contribution in [0.15, 0.2) is 84.9 Å². The highest BCUT2D eigenvalue weighted by Crippen LogP contribution is 2.51. The fourth-order valence-corrected chi connectivity index (χ4v) is 6.76. The molecule has 1 fully saturated rings. The Bertz CT molecular complexity index is 1620. The average Bonchev–Trinajstić information content (AvgIpc) is 3.32. The molecule has 2 N–H and O–H groups in total. The van der Waals surface area contributed by atoms with Crippen molar-refractivity contribution in [1.29, 1.82) is 0 Å². The molecule has 2 heterocycles. The molecule has 1 aromatic heterocycles. The van der Waals surface area contributed by atoms with Crippen LogP contribution in [0.2, 0.25) is 0 Å². The number of nitrogens with zero attached hydrogens (tertiary/aromatic N) is 2. The summed E-state index contributed by atoms with van der Waals surface area (Å²) in [7, 11) is 0. The third-order valence-electron chi connectivity index (χ3n) is 8.93. The van der Waals surface area contributed by atoms with Gasteiger partial charge in [-0.25, -0.2) is 4.98 Å². The van der Waals surface area contributed by atoms with Gasteiger partial charge in [-0.2, -0.15) is 13.2 Å². The number of para-hydroxylation sites is 1. The predicted octanol–water partition coefficient (Wildman–Crippen LogP) is 6.24. The Morgan fingerprint density at radius 3 is 2.16 bits per heavy atom. The summed E-state index contributed by atoms with van der Waals surface area (Å²) >= 11 is 0. The molecule has 228 valence electrons. The lowest BCUT2D eigenvalue weighted by Gasteiger charge is -2.33. The zero-order chi connectivity index (χ0) is 30.7. The van der Waals surface area contributed by atoms with Crippen molar-refractivity contribution in [2.75, 3.05) is 26.2 Å². The molecule has 2 aliphatic rings. The van der Waals surface area contributed by atoms with Gasteiger partial charge in [0.2, 0.25) is 5.91 Å². The molecule has 9 heteroatoms. The maximum absolute atomic E-state index is 13.7. The van der Waals surface area contributed by atoms with Crippen molar-refractivity contribution < 1.29 is 22.8 Å². The van der Waals surface area contributed by atoms with Gasteiger partial charge in [-0.05, 0) is 66.6 Å². The number of piperidine rings is 1. The Morgan fingerprint density at radius 1 is 0.841 bits per heavy atom. The van der Waals surface area contributed by atoms with Crippen molar-refractivity contribution in [3.63, 3.8) is 0 Å². The Morgan fingerprint density at radius 2 is 1.48 bits per heavy atom. The molecule has 4 aromatic rings. The summed E-state index contributed by atoms with van der Waals surface area (Å²) in [5.41, 5.74) is 3.35. The Balaban J connectivity index is 1.06. The van der Waals surface area contributed by atoms with Crippen LogP contribution in [0.1, 0.15) is 53.7 Å². The summed E-state index contributed by atoms with van der Waals surface area (Å²) < 4.78 is 39.4. The molecule has 2 amide bonds. The number of rotatable bonds is 9. The van der Waals surface area contributed by atoms with E-state index in [2.05, 4.69) is 20.5 Å². The molecule has 0 bridgehead atoms. The van der Waals surface area contributed by atoms with Gasteiger partial charge in [-0.15, -0.1) is 0 Å². The molecular weight excluding hydrogens is 565 g/mol. The topological polar surface area (TPSA) is 74.3 Å². The van der Waals surface area contributed by atoms with Crippen LogP contribution in [-0.4, -0.2) is 60.1 Å². The van der Waals surface area contributed by atoms with E-state index in [0.717, 1.165) is 72.1 Å². The first-order valence-electron chi connectivity index (χ1n) is 15.2. The zero-order valence-corrected chi connectivity index (χ0v) is 24.4. The van der Waals surface area contributed by atoms with E-state index in [1.165, 1.54) is 0 Å². The molecule has 1 saturated heterocycles. The van der Waals surface area contributed by atoms with E-state index < -0.39 is 24.0 Å². The highest BCUT2D eigenvalue weighted by molar-refractivity contribution is 6.00. The molecule has 6 nitrogen and oxygen atoms in total. The normalized spacial score (nSPS) is 16.3. The van der Waals surface area contributed by atoms with Gasteiger partial charge in [0.05, 0.1) is 5.52 Å². The lowest BCUT2D eigenvalue weighted by molar-refractivity contribution is -0.141. The Labute approximate surface area is 254 Å². The second-order valence-electron chi connectivity index (χ2n) is 11.7. The summed E-state index contributed by atoms with van der Waals surface area (Å²) in [5.74, 6) is -0.773. The largest absolute Gasteiger partial charge is 0.405 e. The number of alkyl halides is 3. The number of halogens is 3. The van der Waals surface area contributed by atoms with Gasteiger partial charge in [0.15, 0.2) is 0 Å². The number of carbonyl (C=O) groups is 2. The molecule has 1 aliphatic heterocycles. The van der Waals surface area contributed by atoms with Crippen LogP contribution in [-0.2, 0) is 10.2 Å². The maximum Gasteiger partial charge on any atom is 0.405 e. The molecule has 0 unspecified atom stereocenters. The number of hydrogen-bond acceptors (Lipinski definition) is 4. The van der Waals surface area contributed by atoms with Gasteiger partial charge >= 0.3 is 6.18 Å². The lowest BCUT2D eigenvalue weighted by Crippen LogP contribution is -2.47. The van der Waals surface area contributed by atoms with Gasteiger partial charge in [0.25, 0.3) is 5.91 Å². The Hall–Kier alpha value is -4.24. The van der Waals surface area contributed by atoms with E-state index in [4.69, 9.17) is 0 Å².